The number of hydrogen-bond acceptors (Lipinski definition) is 3. The summed E-state index contributed by atoms with van der Waals surface area (Å²) in [5, 5.41) is -0.681. The molecule has 0 saturated carbocycles. The molecular weight excluding hydrogens is 269 g/mol. The third-order valence-electron chi connectivity index (χ3n) is 3.02. The van der Waals surface area contributed by atoms with Crippen LogP contribution in [0.4, 0.5) is 4.39 Å². The number of amides is 1. The van der Waals surface area contributed by atoms with Gasteiger partial charge in [-0.25, -0.2) is 4.39 Å². The number of morpholine rings is 1. The summed E-state index contributed by atoms with van der Waals surface area (Å²) in [5.74, 6) is -0.622. The maximum atomic E-state index is 13.1. The van der Waals surface area contributed by atoms with Crippen LogP contribution in [-0.2, 0) is 20.3 Å². The zero-order chi connectivity index (χ0) is 13.8. The van der Waals surface area contributed by atoms with Crippen LogP contribution in [0.1, 0.15) is 6.92 Å². The van der Waals surface area contributed by atoms with Crippen molar-refractivity contribution in [1.82, 2.24) is 4.90 Å². The summed E-state index contributed by atoms with van der Waals surface area (Å²) in [5.41, 5.74) is 0. The second kappa shape index (κ2) is 6.25. The lowest BCUT2D eigenvalue weighted by molar-refractivity contribution is -0.134. The summed E-state index contributed by atoms with van der Waals surface area (Å²) in [4.78, 5) is 14.2. The fraction of sp³-hybridized carbons (Fsp3) is 0.462. The molecule has 0 spiro atoms. The molecule has 1 saturated heterocycles. The first-order valence-corrected chi connectivity index (χ1v) is 7.33. The molecule has 1 fully saturated rings. The summed E-state index contributed by atoms with van der Waals surface area (Å²) < 4.78 is 30.5. The van der Waals surface area contributed by atoms with Crippen molar-refractivity contribution in [1.29, 1.82) is 0 Å². The van der Waals surface area contributed by atoms with Crippen molar-refractivity contribution >= 4 is 16.7 Å². The molecule has 4 nitrogen and oxygen atoms in total. The molecule has 0 radical (unpaired) electrons. The summed E-state index contributed by atoms with van der Waals surface area (Å²) in [7, 11) is -1.54. The van der Waals surface area contributed by atoms with Crippen LogP contribution >= 0.6 is 0 Å². The van der Waals surface area contributed by atoms with Crippen molar-refractivity contribution in [2.45, 2.75) is 17.1 Å². The topological polar surface area (TPSA) is 46.6 Å². The Morgan fingerprint density at radius 2 is 2.11 bits per heavy atom. The number of rotatable bonds is 3. The lowest BCUT2D eigenvalue weighted by Crippen LogP contribution is -2.45. The highest BCUT2D eigenvalue weighted by Crippen LogP contribution is 2.15. The fourth-order valence-electron chi connectivity index (χ4n) is 1.93. The Bertz CT molecular complexity index is 489. The Morgan fingerprint density at radius 1 is 1.42 bits per heavy atom. The molecule has 1 aromatic rings. The molecule has 1 heterocycles. The zero-order valence-electron chi connectivity index (χ0n) is 10.7. The smallest absolute Gasteiger partial charge is 0.238 e. The summed E-state index contributed by atoms with van der Waals surface area (Å²) in [6.07, 6.45) is 0. The maximum absolute atomic E-state index is 13.1. The van der Waals surface area contributed by atoms with E-state index < -0.39 is 21.9 Å². The molecule has 2 atom stereocenters. The van der Waals surface area contributed by atoms with Gasteiger partial charge in [0.25, 0.3) is 0 Å². The Balaban J connectivity index is 2.08. The number of benzene rings is 1. The molecule has 104 valence electrons. The SMILES string of the molecule is CC(C(=O)N1CCOCC1)S(=O)c1cccc(F)c1. The van der Waals surface area contributed by atoms with E-state index in [0.717, 1.165) is 0 Å². The Labute approximate surface area is 114 Å². The van der Waals surface area contributed by atoms with Gasteiger partial charge < -0.3 is 9.64 Å². The summed E-state index contributed by atoms with van der Waals surface area (Å²) >= 11 is 0. The Morgan fingerprint density at radius 3 is 2.74 bits per heavy atom. The normalized spacial score (nSPS) is 18.9. The average molecular weight is 285 g/mol. The van der Waals surface area contributed by atoms with Gasteiger partial charge in [-0.1, -0.05) is 6.07 Å². The highest BCUT2D eigenvalue weighted by molar-refractivity contribution is 7.86. The highest BCUT2D eigenvalue weighted by Gasteiger charge is 2.27. The van der Waals surface area contributed by atoms with Gasteiger partial charge >= 0.3 is 0 Å². The van der Waals surface area contributed by atoms with Crippen LogP contribution in [0.25, 0.3) is 0 Å². The molecule has 1 aliphatic heterocycles. The van der Waals surface area contributed by atoms with E-state index in [4.69, 9.17) is 4.74 Å². The molecule has 2 rings (SSSR count). The number of halogens is 1. The van der Waals surface area contributed by atoms with Gasteiger partial charge in [0.15, 0.2) is 0 Å². The van der Waals surface area contributed by atoms with Crippen LogP contribution in [0.15, 0.2) is 29.2 Å². The van der Waals surface area contributed by atoms with Crippen LogP contribution in [0, 0.1) is 5.82 Å². The third-order valence-corrected chi connectivity index (χ3v) is 4.58. The van der Waals surface area contributed by atoms with E-state index in [1.165, 1.54) is 18.2 Å². The number of ether oxygens (including phenoxy) is 1. The molecule has 2 unspecified atom stereocenters. The van der Waals surface area contributed by atoms with Crippen LogP contribution in [0.3, 0.4) is 0 Å². The minimum absolute atomic E-state index is 0.175. The quantitative estimate of drug-likeness (QED) is 0.838. The second-order valence-corrected chi connectivity index (χ2v) is 6.11. The number of hydrogen-bond donors (Lipinski definition) is 0. The molecule has 0 aliphatic carbocycles. The third kappa shape index (κ3) is 3.39. The van der Waals surface area contributed by atoms with Gasteiger partial charge in [-0.05, 0) is 25.1 Å². The first-order chi connectivity index (χ1) is 9.09. The first kappa shape index (κ1) is 14.1. The summed E-state index contributed by atoms with van der Waals surface area (Å²) in [6.45, 7) is 3.65. The monoisotopic (exact) mass is 285 g/mol. The van der Waals surface area contributed by atoms with Gasteiger partial charge in [0.2, 0.25) is 5.91 Å². The van der Waals surface area contributed by atoms with Crippen molar-refractivity contribution in [2.24, 2.45) is 0 Å². The van der Waals surface area contributed by atoms with E-state index in [-0.39, 0.29) is 5.91 Å². The predicted molar refractivity (Wildman–Crippen MR) is 69.7 cm³/mol. The molecule has 1 amide bonds. The van der Waals surface area contributed by atoms with Gasteiger partial charge in [0, 0.05) is 18.0 Å². The molecule has 1 aliphatic rings. The van der Waals surface area contributed by atoms with Gasteiger partial charge in [-0.15, -0.1) is 0 Å². The number of nitrogens with zero attached hydrogens (tertiary/aromatic N) is 1. The molecule has 19 heavy (non-hydrogen) atoms. The van der Waals surface area contributed by atoms with Crippen LogP contribution in [0.2, 0.25) is 0 Å². The van der Waals surface area contributed by atoms with Crippen molar-refractivity contribution in [3.05, 3.63) is 30.1 Å². The van der Waals surface area contributed by atoms with Gasteiger partial charge in [-0.2, -0.15) is 0 Å². The van der Waals surface area contributed by atoms with E-state index in [0.29, 0.717) is 31.2 Å². The van der Waals surface area contributed by atoms with E-state index in [1.54, 1.807) is 17.9 Å². The fourth-order valence-corrected chi connectivity index (χ4v) is 3.11. The van der Waals surface area contributed by atoms with Crippen molar-refractivity contribution in [2.75, 3.05) is 26.3 Å². The summed E-state index contributed by atoms with van der Waals surface area (Å²) in [6, 6.07) is 5.56. The van der Waals surface area contributed by atoms with Gasteiger partial charge in [-0.3, -0.25) is 9.00 Å². The minimum Gasteiger partial charge on any atom is -0.378 e. The van der Waals surface area contributed by atoms with E-state index in [2.05, 4.69) is 0 Å². The van der Waals surface area contributed by atoms with E-state index >= 15 is 0 Å². The second-order valence-electron chi connectivity index (χ2n) is 4.33. The Kier molecular flexibility index (Phi) is 4.66. The van der Waals surface area contributed by atoms with Crippen molar-refractivity contribution in [3.8, 4) is 0 Å². The van der Waals surface area contributed by atoms with Crippen LogP contribution < -0.4 is 0 Å². The molecule has 6 heteroatoms. The molecular formula is C13H16FNO3S. The first-order valence-electron chi connectivity index (χ1n) is 6.12. The van der Waals surface area contributed by atoms with Crippen molar-refractivity contribution < 1.29 is 18.1 Å². The van der Waals surface area contributed by atoms with Gasteiger partial charge in [0.05, 0.1) is 24.0 Å². The Hall–Kier alpha value is -1.27. The molecule has 1 aromatic carbocycles. The molecule has 0 N–H and O–H groups in total. The van der Waals surface area contributed by atoms with Gasteiger partial charge in [0.1, 0.15) is 11.1 Å². The minimum atomic E-state index is -1.54. The van der Waals surface area contributed by atoms with E-state index in [1.807, 2.05) is 0 Å². The number of carbonyl (C=O) groups is 1. The maximum Gasteiger partial charge on any atom is 0.238 e. The number of carbonyl (C=O) groups excluding carboxylic acids is 1. The van der Waals surface area contributed by atoms with Crippen LogP contribution in [-0.4, -0.2) is 46.6 Å². The zero-order valence-corrected chi connectivity index (χ0v) is 11.5. The average Bonchev–Trinajstić information content (AvgIpc) is 2.46. The predicted octanol–water partition coefficient (Wildman–Crippen LogP) is 1.18. The molecule has 0 bridgehead atoms. The van der Waals surface area contributed by atoms with E-state index in [9.17, 15) is 13.4 Å². The lowest BCUT2D eigenvalue weighted by atomic mass is 10.3. The highest BCUT2D eigenvalue weighted by atomic mass is 32.2. The lowest BCUT2D eigenvalue weighted by Gasteiger charge is -2.28. The molecule has 0 aromatic heterocycles. The largest absolute Gasteiger partial charge is 0.378 e. The van der Waals surface area contributed by atoms with Crippen molar-refractivity contribution in [3.63, 3.8) is 0 Å². The van der Waals surface area contributed by atoms with Crippen LogP contribution in [0.5, 0.6) is 0 Å². The standard InChI is InChI=1S/C13H16FNO3S/c1-10(13(16)15-5-7-18-8-6-15)19(17)12-4-2-3-11(14)9-12/h2-4,9-10H,5-8H2,1H3.